The number of rotatable bonds is 3. The van der Waals surface area contributed by atoms with Crippen LogP contribution in [0.4, 0.5) is 0 Å². The van der Waals surface area contributed by atoms with Crippen molar-refractivity contribution < 1.29 is 4.74 Å². The molecule has 0 fully saturated rings. The Morgan fingerprint density at radius 2 is 2.12 bits per heavy atom. The molecular formula is C12H10N2OS. The monoisotopic (exact) mass is 230 g/mol. The second kappa shape index (κ2) is 4.88. The molecule has 0 aliphatic carbocycles. The fourth-order valence-electron chi connectivity index (χ4n) is 1.35. The van der Waals surface area contributed by atoms with Crippen LogP contribution in [0.25, 0.3) is 11.3 Å². The van der Waals surface area contributed by atoms with Gasteiger partial charge in [-0.25, -0.2) is 4.98 Å². The molecule has 2 aromatic rings. The summed E-state index contributed by atoms with van der Waals surface area (Å²) in [5.74, 6) is 0. The van der Waals surface area contributed by atoms with Crippen molar-refractivity contribution in [3.05, 3.63) is 40.2 Å². The van der Waals surface area contributed by atoms with Crippen molar-refractivity contribution in [2.24, 2.45) is 0 Å². The zero-order valence-corrected chi connectivity index (χ0v) is 9.62. The van der Waals surface area contributed by atoms with Gasteiger partial charge in [0.15, 0.2) is 0 Å². The Bertz CT molecular complexity index is 511. The molecule has 0 saturated carbocycles. The highest BCUT2D eigenvalue weighted by atomic mass is 32.1. The van der Waals surface area contributed by atoms with Gasteiger partial charge in [0.25, 0.3) is 0 Å². The largest absolute Gasteiger partial charge is 0.378 e. The van der Waals surface area contributed by atoms with Gasteiger partial charge < -0.3 is 4.74 Å². The standard InChI is InChI=1S/C12H10N2OS/c1-15-7-12-14-11(8-16-12)10-4-2-9(6-13)3-5-10/h2-5,8H,7H2,1H3. The summed E-state index contributed by atoms with van der Waals surface area (Å²) < 4.78 is 5.02. The van der Waals surface area contributed by atoms with E-state index in [2.05, 4.69) is 11.1 Å². The van der Waals surface area contributed by atoms with Gasteiger partial charge in [-0.3, -0.25) is 0 Å². The highest BCUT2D eigenvalue weighted by molar-refractivity contribution is 7.09. The van der Waals surface area contributed by atoms with Crippen molar-refractivity contribution in [2.75, 3.05) is 7.11 Å². The maximum Gasteiger partial charge on any atom is 0.119 e. The summed E-state index contributed by atoms with van der Waals surface area (Å²) in [6.45, 7) is 0.543. The second-order valence-electron chi connectivity index (χ2n) is 3.25. The maximum absolute atomic E-state index is 8.69. The zero-order chi connectivity index (χ0) is 11.4. The van der Waals surface area contributed by atoms with Gasteiger partial charge in [-0.2, -0.15) is 5.26 Å². The molecule has 0 bridgehead atoms. The van der Waals surface area contributed by atoms with E-state index < -0.39 is 0 Å². The maximum atomic E-state index is 8.69. The number of hydrogen-bond donors (Lipinski definition) is 0. The summed E-state index contributed by atoms with van der Waals surface area (Å²) in [4.78, 5) is 4.44. The van der Waals surface area contributed by atoms with Crippen LogP contribution in [0, 0.1) is 11.3 Å². The van der Waals surface area contributed by atoms with Crippen molar-refractivity contribution >= 4 is 11.3 Å². The zero-order valence-electron chi connectivity index (χ0n) is 8.80. The summed E-state index contributed by atoms with van der Waals surface area (Å²) in [7, 11) is 1.66. The Balaban J connectivity index is 2.25. The number of methoxy groups -OCH3 is 1. The normalized spacial score (nSPS) is 10.0. The number of aromatic nitrogens is 1. The highest BCUT2D eigenvalue weighted by Gasteiger charge is 2.04. The number of hydrogen-bond acceptors (Lipinski definition) is 4. The van der Waals surface area contributed by atoms with Gasteiger partial charge in [0.2, 0.25) is 0 Å². The van der Waals surface area contributed by atoms with Crippen molar-refractivity contribution in [1.82, 2.24) is 4.98 Å². The first kappa shape index (κ1) is 10.8. The van der Waals surface area contributed by atoms with E-state index in [1.807, 2.05) is 17.5 Å². The summed E-state index contributed by atoms with van der Waals surface area (Å²) >= 11 is 1.58. The molecule has 3 nitrogen and oxygen atoms in total. The Morgan fingerprint density at radius 1 is 1.38 bits per heavy atom. The molecule has 0 unspecified atom stereocenters. The third kappa shape index (κ3) is 2.27. The molecule has 1 aromatic carbocycles. The van der Waals surface area contributed by atoms with E-state index in [0.29, 0.717) is 12.2 Å². The van der Waals surface area contributed by atoms with Gasteiger partial charge >= 0.3 is 0 Å². The number of nitriles is 1. The molecule has 4 heteroatoms. The topological polar surface area (TPSA) is 45.9 Å². The molecular weight excluding hydrogens is 220 g/mol. The van der Waals surface area contributed by atoms with Gasteiger partial charge in [-0.15, -0.1) is 11.3 Å². The van der Waals surface area contributed by atoms with Crippen LogP contribution in [0.15, 0.2) is 29.6 Å². The number of thiazole rings is 1. The average molecular weight is 230 g/mol. The van der Waals surface area contributed by atoms with E-state index in [9.17, 15) is 0 Å². The van der Waals surface area contributed by atoms with E-state index in [4.69, 9.17) is 10.00 Å². The van der Waals surface area contributed by atoms with Crippen molar-refractivity contribution in [3.63, 3.8) is 0 Å². The van der Waals surface area contributed by atoms with Crippen molar-refractivity contribution in [2.45, 2.75) is 6.61 Å². The molecule has 0 N–H and O–H groups in total. The molecule has 0 aliphatic rings. The van der Waals surface area contributed by atoms with E-state index in [0.717, 1.165) is 16.3 Å². The minimum atomic E-state index is 0.543. The molecule has 2 rings (SSSR count). The first-order chi connectivity index (χ1) is 7.83. The van der Waals surface area contributed by atoms with E-state index in [1.54, 1.807) is 30.6 Å². The van der Waals surface area contributed by atoms with Crippen LogP contribution in [0.5, 0.6) is 0 Å². The third-order valence-electron chi connectivity index (χ3n) is 2.13. The first-order valence-corrected chi connectivity index (χ1v) is 5.65. The summed E-state index contributed by atoms with van der Waals surface area (Å²) in [5.41, 5.74) is 2.62. The van der Waals surface area contributed by atoms with E-state index >= 15 is 0 Å². The minimum Gasteiger partial charge on any atom is -0.378 e. The SMILES string of the molecule is COCc1nc(-c2ccc(C#N)cc2)cs1. The van der Waals surface area contributed by atoms with Gasteiger partial charge in [0.1, 0.15) is 5.01 Å². The minimum absolute atomic E-state index is 0.543. The Morgan fingerprint density at radius 3 is 2.75 bits per heavy atom. The number of benzene rings is 1. The smallest absolute Gasteiger partial charge is 0.119 e. The fraction of sp³-hybridized carbons (Fsp3) is 0.167. The van der Waals surface area contributed by atoms with Crippen LogP contribution < -0.4 is 0 Å². The molecule has 0 aliphatic heterocycles. The molecule has 0 atom stereocenters. The molecule has 16 heavy (non-hydrogen) atoms. The first-order valence-electron chi connectivity index (χ1n) is 4.77. The lowest BCUT2D eigenvalue weighted by Crippen LogP contribution is -1.86. The Kier molecular flexibility index (Phi) is 3.30. The highest BCUT2D eigenvalue weighted by Crippen LogP contribution is 2.22. The Labute approximate surface area is 97.9 Å². The van der Waals surface area contributed by atoms with Gasteiger partial charge in [0, 0.05) is 18.1 Å². The molecule has 0 saturated heterocycles. The van der Waals surface area contributed by atoms with Gasteiger partial charge in [-0.05, 0) is 12.1 Å². The molecule has 1 aromatic heterocycles. The van der Waals surface area contributed by atoms with Crippen LogP contribution in [0.3, 0.4) is 0 Å². The number of nitrogens with zero attached hydrogens (tertiary/aromatic N) is 2. The van der Waals surface area contributed by atoms with Crippen LogP contribution in [0.1, 0.15) is 10.6 Å². The summed E-state index contributed by atoms with van der Waals surface area (Å²) in [5, 5.41) is 11.6. The van der Waals surface area contributed by atoms with Crippen LogP contribution in [-0.4, -0.2) is 12.1 Å². The lowest BCUT2D eigenvalue weighted by Gasteiger charge is -1.96. The second-order valence-corrected chi connectivity index (χ2v) is 4.19. The van der Waals surface area contributed by atoms with Crippen LogP contribution in [-0.2, 0) is 11.3 Å². The van der Waals surface area contributed by atoms with Crippen molar-refractivity contribution in [1.29, 1.82) is 5.26 Å². The van der Waals surface area contributed by atoms with Crippen molar-refractivity contribution in [3.8, 4) is 17.3 Å². The van der Waals surface area contributed by atoms with Gasteiger partial charge in [-0.1, -0.05) is 12.1 Å². The lowest BCUT2D eigenvalue weighted by molar-refractivity contribution is 0.184. The van der Waals surface area contributed by atoms with E-state index in [1.165, 1.54) is 0 Å². The molecule has 0 spiro atoms. The summed E-state index contributed by atoms with van der Waals surface area (Å²) in [6, 6.07) is 9.50. The lowest BCUT2D eigenvalue weighted by atomic mass is 10.1. The van der Waals surface area contributed by atoms with E-state index in [-0.39, 0.29) is 0 Å². The van der Waals surface area contributed by atoms with Gasteiger partial charge in [0.05, 0.1) is 23.9 Å². The molecule has 0 radical (unpaired) electrons. The average Bonchev–Trinajstić information content (AvgIpc) is 2.78. The molecule has 80 valence electrons. The Hall–Kier alpha value is -1.70. The number of ether oxygens (including phenoxy) is 1. The molecule has 1 heterocycles. The predicted octanol–water partition coefficient (Wildman–Crippen LogP) is 2.83. The quantitative estimate of drug-likeness (QED) is 0.814. The molecule has 0 amide bonds. The van der Waals surface area contributed by atoms with Crippen LogP contribution >= 0.6 is 11.3 Å². The third-order valence-corrected chi connectivity index (χ3v) is 2.95. The van der Waals surface area contributed by atoms with Crippen LogP contribution in [0.2, 0.25) is 0 Å². The predicted molar refractivity (Wildman–Crippen MR) is 63.0 cm³/mol. The fourth-order valence-corrected chi connectivity index (χ4v) is 2.12. The summed E-state index contributed by atoms with van der Waals surface area (Å²) in [6.07, 6.45) is 0.